The summed E-state index contributed by atoms with van der Waals surface area (Å²) in [7, 11) is 0. The topological polar surface area (TPSA) is 53.4 Å². The first-order valence-electron chi connectivity index (χ1n) is 7.77. The molecule has 21 heavy (non-hydrogen) atoms. The van der Waals surface area contributed by atoms with Gasteiger partial charge in [0.15, 0.2) is 0 Å². The van der Waals surface area contributed by atoms with Crippen LogP contribution in [0.1, 0.15) is 56.1 Å². The van der Waals surface area contributed by atoms with Crippen molar-refractivity contribution in [2.45, 2.75) is 46.6 Å². The van der Waals surface area contributed by atoms with Crippen molar-refractivity contribution in [3.8, 4) is 0 Å². The van der Waals surface area contributed by atoms with Gasteiger partial charge in [-0.2, -0.15) is 0 Å². The molecule has 1 aliphatic heterocycles. The molecule has 116 valence electrons. The van der Waals surface area contributed by atoms with Crippen LogP contribution in [0.4, 0.5) is 0 Å². The fourth-order valence-corrected chi connectivity index (χ4v) is 3.13. The summed E-state index contributed by atoms with van der Waals surface area (Å²) in [6.45, 7) is 9.99. The first kappa shape index (κ1) is 16.0. The lowest BCUT2D eigenvalue weighted by atomic mass is 9.77. The standard InChI is InChI=1S/C17H26N2O2/c1-17(2,3)14-5-4-9-19(10-7-14)12-13-6-8-18-15(11-13)16(20)21/h6,8,11,14H,4-5,7,9-10,12H2,1-3H3,(H,20,21). The number of likely N-dealkylation sites (tertiary alicyclic amines) is 1. The monoisotopic (exact) mass is 290 g/mol. The second-order valence-corrected chi connectivity index (χ2v) is 7.12. The number of hydrogen-bond donors (Lipinski definition) is 1. The molecular weight excluding hydrogens is 264 g/mol. The molecule has 0 amide bonds. The minimum atomic E-state index is -0.958. The van der Waals surface area contributed by atoms with E-state index in [0.29, 0.717) is 5.41 Å². The van der Waals surface area contributed by atoms with E-state index >= 15 is 0 Å². The highest BCUT2D eigenvalue weighted by Crippen LogP contribution is 2.34. The molecule has 0 aliphatic carbocycles. The van der Waals surface area contributed by atoms with Gasteiger partial charge in [0, 0.05) is 12.7 Å². The van der Waals surface area contributed by atoms with Crippen molar-refractivity contribution < 1.29 is 9.90 Å². The Hall–Kier alpha value is -1.42. The molecule has 0 spiro atoms. The fourth-order valence-electron chi connectivity index (χ4n) is 3.13. The van der Waals surface area contributed by atoms with E-state index in [4.69, 9.17) is 5.11 Å². The maximum absolute atomic E-state index is 11.0. The molecule has 1 fully saturated rings. The van der Waals surface area contributed by atoms with E-state index in [9.17, 15) is 4.79 Å². The molecule has 2 rings (SSSR count). The highest BCUT2D eigenvalue weighted by atomic mass is 16.4. The second kappa shape index (κ2) is 6.56. The number of hydrogen-bond acceptors (Lipinski definition) is 3. The van der Waals surface area contributed by atoms with Gasteiger partial charge >= 0.3 is 5.97 Å². The first-order chi connectivity index (χ1) is 9.86. The number of rotatable bonds is 3. The lowest BCUT2D eigenvalue weighted by Crippen LogP contribution is -2.26. The van der Waals surface area contributed by atoms with Crippen molar-refractivity contribution in [1.29, 1.82) is 0 Å². The Balaban J connectivity index is 1.98. The van der Waals surface area contributed by atoms with Crippen molar-refractivity contribution in [3.05, 3.63) is 29.6 Å². The van der Waals surface area contributed by atoms with Crippen LogP contribution in [-0.4, -0.2) is 34.0 Å². The molecule has 1 aromatic heterocycles. The fraction of sp³-hybridized carbons (Fsp3) is 0.647. The third kappa shape index (κ3) is 4.53. The number of aromatic carboxylic acids is 1. The molecule has 1 saturated heterocycles. The predicted molar refractivity (Wildman–Crippen MR) is 83.3 cm³/mol. The van der Waals surface area contributed by atoms with Crippen LogP contribution < -0.4 is 0 Å². The average Bonchev–Trinajstić information content (AvgIpc) is 2.64. The zero-order valence-electron chi connectivity index (χ0n) is 13.3. The summed E-state index contributed by atoms with van der Waals surface area (Å²) in [4.78, 5) is 17.3. The predicted octanol–water partition coefficient (Wildman–Crippen LogP) is 3.43. The summed E-state index contributed by atoms with van der Waals surface area (Å²) in [5.41, 5.74) is 1.55. The van der Waals surface area contributed by atoms with Crippen LogP contribution in [0.5, 0.6) is 0 Å². The number of carbonyl (C=O) groups is 1. The van der Waals surface area contributed by atoms with Crippen LogP contribution in [0.3, 0.4) is 0 Å². The summed E-state index contributed by atoms with van der Waals surface area (Å²) in [5.74, 6) is -0.185. The maximum atomic E-state index is 11.0. The van der Waals surface area contributed by atoms with Gasteiger partial charge in [-0.15, -0.1) is 0 Å². The molecule has 1 aromatic rings. The number of pyridine rings is 1. The molecule has 0 saturated carbocycles. The summed E-state index contributed by atoms with van der Waals surface area (Å²) < 4.78 is 0. The van der Waals surface area contributed by atoms with E-state index in [-0.39, 0.29) is 5.69 Å². The smallest absolute Gasteiger partial charge is 0.354 e. The minimum Gasteiger partial charge on any atom is -0.477 e. The second-order valence-electron chi connectivity index (χ2n) is 7.12. The Morgan fingerprint density at radius 2 is 2.14 bits per heavy atom. The molecule has 1 N–H and O–H groups in total. The van der Waals surface area contributed by atoms with Crippen molar-refractivity contribution in [2.75, 3.05) is 13.1 Å². The van der Waals surface area contributed by atoms with Crippen molar-refractivity contribution >= 4 is 5.97 Å². The normalized spacial score (nSPS) is 21.0. The molecule has 2 heterocycles. The third-order valence-corrected chi connectivity index (χ3v) is 4.50. The van der Waals surface area contributed by atoms with Gasteiger partial charge in [0.05, 0.1) is 0 Å². The van der Waals surface area contributed by atoms with Gasteiger partial charge in [-0.1, -0.05) is 20.8 Å². The van der Waals surface area contributed by atoms with E-state index in [1.165, 1.54) is 19.3 Å². The van der Waals surface area contributed by atoms with Gasteiger partial charge in [0.1, 0.15) is 5.69 Å². The van der Waals surface area contributed by atoms with Crippen LogP contribution in [0.15, 0.2) is 18.3 Å². The lowest BCUT2D eigenvalue weighted by Gasteiger charge is -2.29. The summed E-state index contributed by atoms with van der Waals surface area (Å²) in [6.07, 6.45) is 5.32. The van der Waals surface area contributed by atoms with Gasteiger partial charge in [-0.3, -0.25) is 4.90 Å². The molecule has 4 nitrogen and oxygen atoms in total. The maximum Gasteiger partial charge on any atom is 0.354 e. The Morgan fingerprint density at radius 1 is 1.38 bits per heavy atom. The highest BCUT2D eigenvalue weighted by Gasteiger charge is 2.27. The molecule has 0 bridgehead atoms. The first-order valence-corrected chi connectivity index (χ1v) is 7.77. The molecule has 0 radical (unpaired) electrons. The molecule has 1 unspecified atom stereocenters. The summed E-state index contributed by atoms with van der Waals surface area (Å²) >= 11 is 0. The van der Waals surface area contributed by atoms with E-state index in [1.54, 1.807) is 12.3 Å². The average molecular weight is 290 g/mol. The Labute approximate surface area is 127 Å². The molecule has 1 aliphatic rings. The molecule has 1 atom stereocenters. The molecular formula is C17H26N2O2. The van der Waals surface area contributed by atoms with Crippen LogP contribution in [-0.2, 0) is 6.54 Å². The number of carboxylic acid groups (broad SMARTS) is 1. The Morgan fingerprint density at radius 3 is 2.81 bits per heavy atom. The van der Waals surface area contributed by atoms with Gasteiger partial charge in [0.25, 0.3) is 0 Å². The van der Waals surface area contributed by atoms with Crippen molar-refractivity contribution in [2.24, 2.45) is 11.3 Å². The van der Waals surface area contributed by atoms with E-state index in [2.05, 4.69) is 30.7 Å². The zero-order valence-corrected chi connectivity index (χ0v) is 13.3. The van der Waals surface area contributed by atoms with Crippen LogP contribution >= 0.6 is 0 Å². The van der Waals surface area contributed by atoms with Gasteiger partial charge in [0.2, 0.25) is 0 Å². The zero-order chi connectivity index (χ0) is 15.5. The SMILES string of the molecule is CC(C)(C)C1CCCN(Cc2ccnc(C(=O)O)c2)CC1. The number of carboxylic acids is 1. The van der Waals surface area contributed by atoms with Crippen molar-refractivity contribution in [1.82, 2.24) is 9.88 Å². The Bertz CT molecular complexity index is 494. The molecule has 4 heteroatoms. The summed E-state index contributed by atoms with van der Waals surface area (Å²) in [5, 5.41) is 9.01. The lowest BCUT2D eigenvalue weighted by molar-refractivity contribution is 0.0690. The third-order valence-electron chi connectivity index (χ3n) is 4.50. The van der Waals surface area contributed by atoms with Crippen LogP contribution in [0, 0.1) is 11.3 Å². The Kier molecular flexibility index (Phi) is 4.99. The minimum absolute atomic E-state index is 0.134. The summed E-state index contributed by atoms with van der Waals surface area (Å²) in [6, 6.07) is 3.60. The van der Waals surface area contributed by atoms with Gasteiger partial charge in [-0.25, -0.2) is 9.78 Å². The number of nitrogens with zero attached hydrogens (tertiary/aromatic N) is 2. The largest absolute Gasteiger partial charge is 0.477 e. The van der Waals surface area contributed by atoms with Gasteiger partial charge < -0.3 is 5.11 Å². The quantitative estimate of drug-likeness (QED) is 0.926. The highest BCUT2D eigenvalue weighted by molar-refractivity contribution is 5.85. The number of aromatic nitrogens is 1. The van der Waals surface area contributed by atoms with Crippen LogP contribution in [0.25, 0.3) is 0 Å². The van der Waals surface area contributed by atoms with Crippen LogP contribution in [0.2, 0.25) is 0 Å². The van der Waals surface area contributed by atoms with Crippen molar-refractivity contribution in [3.63, 3.8) is 0 Å². The van der Waals surface area contributed by atoms with Gasteiger partial charge in [-0.05, 0) is 61.4 Å². The van der Waals surface area contributed by atoms with E-state index in [0.717, 1.165) is 31.1 Å². The molecule has 0 aromatic carbocycles. The van der Waals surface area contributed by atoms with E-state index < -0.39 is 5.97 Å². The van der Waals surface area contributed by atoms with E-state index in [1.807, 2.05) is 6.07 Å².